The molecule has 0 rings (SSSR count). The Morgan fingerprint density at radius 1 is 0.550 bits per heavy atom. The van der Waals surface area contributed by atoms with Crippen molar-refractivity contribution in [2.24, 2.45) is 5.73 Å². The standard InChI is InChI=1S/C18H30N4O12.6Na/c19-1-2-20-3-4-21-17(5-11(23)24,6-12(25)26)18(7-13(27)28,8-14(29)30)22(9-15(31)32)10-16(33)34;;;;;;/h20-21H,1-10,19H2,(H,23,24)(H,25,26)(H,27,28)(H,29,30)(H,31,32)(H,33,34);;;;;;/q;6*+1/p-6. The number of carbonyl (C=O) groups is 6. The molecule has 0 aliphatic carbocycles. The van der Waals surface area contributed by atoms with E-state index in [0.717, 1.165) is 0 Å². The van der Waals surface area contributed by atoms with Crippen LogP contribution in [0.4, 0.5) is 0 Å². The number of hydrogen-bond acceptors (Lipinski definition) is 16. The van der Waals surface area contributed by atoms with Gasteiger partial charge in [0.15, 0.2) is 0 Å². The van der Waals surface area contributed by atoms with Gasteiger partial charge in [-0.05, 0) is 0 Å². The molecule has 0 aromatic heterocycles. The largest absolute Gasteiger partial charge is 1.00 e. The van der Waals surface area contributed by atoms with E-state index in [1.807, 2.05) is 0 Å². The number of aliphatic carboxylic acids is 6. The van der Waals surface area contributed by atoms with Gasteiger partial charge in [-0.25, -0.2) is 0 Å². The van der Waals surface area contributed by atoms with Gasteiger partial charge in [0.05, 0.1) is 17.5 Å². The van der Waals surface area contributed by atoms with Crippen molar-refractivity contribution in [3.63, 3.8) is 0 Å². The van der Waals surface area contributed by atoms with Crippen LogP contribution in [0.1, 0.15) is 25.7 Å². The molecule has 194 valence electrons. The van der Waals surface area contributed by atoms with Crippen LogP contribution in [0.2, 0.25) is 0 Å². The van der Waals surface area contributed by atoms with E-state index in [2.05, 4.69) is 10.6 Å². The summed E-state index contributed by atoms with van der Waals surface area (Å²) in [6.45, 7) is -2.86. The molecule has 0 heterocycles. The number of nitrogens with two attached hydrogens (primary N) is 1. The zero-order valence-electron chi connectivity index (χ0n) is 24.0. The smallest absolute Gasteiger partial charge is 0.550 e. The fourth-order valence-corrected chi connectivity index (χ4v) is 3.87. The molecule has 40 heavy (non-hydrogen) atoms. The zero-order chi connectivity index (χ0) is 26.5. The van der Waals surface area contributed by atoms with E-state index in [0.29, 0.717) is 0 Å². The van der Waals surface area contributed by atoms with Gasteiger partial charge in [-0.3, -0.25) is 4.90 Å². The Kier molecular flexibility index (Phi) is 44.1. The van der Waals surface area contributed by atoms with Crippen LogP contribution in [0.5, 0.6) is 0 Å². The number of rotatable bonds is 20. The molecule has 0 bridgehead atoms. The van der Waals surface area contributed by atoms with Crippen molar-refractivity contribution in [1.82, 2.24) is 15.5 Å². The van der Waals surface area contributed by atoms with Crippen LogP contribution in [-0.2, 0) is 28.8 Å². The number of carboxylic acids is 6. The molecule has 0 fully saturated rings. The maximum absolute atomic E-state index is 11.6. The van der Waals surface area contributed by atoms with Gasteiger partial charge in [-0.1, -0.05) is 0 Å². The fourth-order valence-electron chi connectivity index (χ4n) is 3.87. The molecule has 0 radical (unpaired) electrons. The fraction of sp³-hybridized carbons (Fsp3) is 0.667. The predicted octanol–water partition coefficient (Wildman–Crippen LogP) is -29.0. The summed E-state index contributed by atoms with van der Waals surface area (Å²) in [7, 11) is 0. The van der Waals surface area contributed by atoms with Gasteiger partial charge in [0.2, 0.25) is 0 Å². The second-order valence-electron chi connectivity index (χ2n) is 7.37. The molecule has 16 nitrogen and oxygen atoms in total. The average molecular weight is 626 g/mol. The van der Waals surface area contributed by atoms with Crippen LogP contribution in [0.25, 0.3) is 0 Å². The van der Waals surface area contributed by atoms with Crippen LogP contribution < -0.4 is 224 Å². The van der Waals surface area contributed by atoms with Crippen molar-refractivity contribution in [2.45, 2.75) is 36.8 Å². The normalized spacial score (nSPS) is 10.1. The number of carbonyl (C=O) groups excluding carboxylic acids is 6. The van der Waals surface area contributed by atoms with Crippen molar-refractivity contribution >= 4 is 35.8 Å². The van der Waals surface area contributed by atoms with E-state index in [4.69, 9.17) is 5.73 Å². The van der Waals surface area contributed by atoms with Gasteiger partial charge in [0, 0.05) is 94.4 Å². The van der Waals surface area contributed by atoms with E-state index in [9.17, 15) is 59.4 Å². The average Bonchev–Trinajstić information content (AvgIpc) is 2.63. The molecule has 0 aromatic rings. The molecule has 0 atom stereocenters. The first kappa shape index (κ1) is 58.2. The second-order valence-corrected chi connectivity index (χ2v) is 7.37. The van der Waals surface area contributed by atoms with Gasteiger partial charge in [0.1, 0.15) is 0 Å². The summed E-state index contributed by atoms with van der Waals surface area (Å²) in [6, 6.07) is 0. The molecular weight excluding hydrogens is 602 g/mol. The minimum atomic E-state index is -2.89. The third-order valence-electron chi connectivity index (χ3n) is 4.99. The van der Waals surface area contributed by atoms with E-state index in [1.165, 1.54) is 0 Å². The van der Waals surface area contributed by atoms with E-state index in [-0.39, 0.29) is 208 Å². The van der Waals surface area contributed by atoms with Crippen LogP contribution in [-0.4, -0.2) is 91.1 Å². The Balaban J connectivity index is -0.000000363. The molecule has 0 saturated heterocycles. The number of carboxylic acid groups (broad SMARTS) is 6. The third kappa shape index (κ3) is 22.2. The SMILES string of the molecule is NCCNCCNC(CC(=O)[O-])(CC(=O)[O-])C(CC(=O)[O-])(CC(=O)[O-])N(CC(=O)[O-])CC(=O)[O-].[Na+].[Na+].[Na+].[Na+].[Na+].[Na+]. The van der Waals surface area contributed by atoms with Crippen molar-refractivity contribution in [2.75, 3.05) is 39.3 Å². The molecule has 0 spiro atoms. The van der Waals surface area contributed by atoms with Crippen LogP contribution in [0, 0.1) is 0 Å². The summed E-state index contributed by atoms with van der Waals surface area (Å²) in [5.41, 5.74) is -0.260. The summed E-state index contributed by atoms with van der Waals surface area (Å²) in [5.74, 6) is -12.2. The molecule has 0 aromatic carbocycles. The minimum absolute atomic E-state index is 0. The van der Waals surface area contributed by atoms with Crippen molar-refractivity contribution in [3.05, 3.63) is 0 Å². The van der Waals surface area contributed by atoms with Gasteiger partial charge in [0.25, 0.3) is 0 Å². The molecule has 0 saturated carbocycles. The van der Waals surface area contributed by atoms with Gasteiger partial charge >= 0.3 is 177 Å². The second kappa shape index (κ2) is 30.3. The Bertz CT molecular complexity index is 748. The molecule has 0 aliphatic heterocycles. The first-order chi connectivity index (χ1) is 15.7. The summed E-state index contributed by atoms with van der Waals surface area (Å²) in [6.07, 6.45) is -5.89. The number of nitrogens with one attached hydrogen (secondary N) is 2. The van der Waals surface area contributed by atoms with Crippen molar-refractivity contribution in [3.8, 4) is 0 Å². The monoisotopic (exact) mass is 626 g/mol. The predicted molar refractivity (Wildman–Crippen MR) is 95.5 cm³/mol. The van der Waals surface area contributed by atoms with Crippen LogP contribution in [0.15, 0.2) is 0 Å². The van der Waals surface area contributed by atoms with Gasteiger partial charge in [-0.2, -0.15) is 0 Å². The first-order valence-corrected chi connectivity index (χ1v) is 9.81. The maximum Gasteiger partial charge on any atom is 1.00 e. The number of hydrogen-bond donors (Lipinski definition) is 3. The Hall–Kier alpha value is 2.66. The molecule has 0 unspecified atom stereocenters. The summed E-state index contributed by atoms with van der Waals surface area (Å²) in [4.78, 5) is 69.4. The summed E-state index contributed by atoms with van der Waals surface area (Å²) < 4.78 is 0. The molecule has 0 amide bonds. The third-order valence-corrected chi connectivity index (χ3v) is 4.99. The zero-order valence-corrected chi connectivity index (χ0v) is 36.0. The Labute approximate surface area is 363 Å². The van der Waals surface area contributed by atoms with Crippen molar-refractivity contribution < 1.29 is 237 Å². The molecular formula is C18H24N4Na6O12. The molecule has 4 N–H and O–H groups in total. The quantitative estimate of drug-likeness (QED) is 0.0834. The summed E-state index contributed by atoms with van der Waals surface area (Å²) in [5, 5.41) is 74.4. The first-order valence-electron chi connectivity index (χ1n) is 9.81. The molecule has 22 heteroatoms. The summed E-state index contributed by atoms with van der Waals surface area (Å²) >= 11 is 0. The minimum Gasteiger partial charge on any atom is -0.550 e. The van der Waals surface area contributed by atoms with Crippen LogP contribution in [0.3, 0.4) is 0 Å². The Morgan fingerprint density at radius 2 is 0.900 bits per heavy atom. The van der Waals surface area contributed by atoms with Crippen LogP contribution >= 0.6 is 0 Å². The molecule has 0 aliphatic rings. The number of nitrogens with zero attached hydrogens (tertiary/aromatic N) is 1. The topological polar surface area (TPSA) is 294 Å². The maximum atomic E-state index is 11.6. The van der Waals surface area contributed by atoms with Crippen molar-refractivity contribution in [1.29, 1.82) is 0 Å². The van der Waals surface area contributed by atoms with Gasteiger partial charge in [-0.15, -0.1) is 0 Å². The van der Waals surface area contributed by atoms with Gasteiger partial charge < -0.3 is 75.8 Å². The Morgan fingerprint density at radius 3 is 1.18 bits per heavy atom. The van der Waals surface area contributed by atoms with E-state index >= 15 is 0 Å². The van der Waals surface area contributed by atoms with E-state index < -0.39 is 85.7 Å². The van der Waals surface area contributed by atoms with E-state index in [1.54, 1.807) is 0 Å².